The molecule has 3 N–H and O–H groups in total. The van der Waals surface area contributed by atoms with Crippen molar-refractivity contribution in [3.8, 4) is 5.75 Å². The topological polar surface area (TPSA) is 103 Å². The molecule has 7 heteroatoms. The van der Waals surface area contributed by atoms with Crippen LogP contribution >= 0.6 is 0 Å². The fourth-order valence-corrected chi connectivity index (χ4v) is 1.41. The second-order valence-electron chi connectivity index (χ2n) is 3.64. The summed E-state index contributed by atoms with van der Waals surface area (Å²) in [5.74, 6) is -0.0232. The molecule has 2 rings (SSSR count). The van der Waals surface area contributed by atoms with Gasteiger partial charge in [-0.2, -0.15) is 5.10 Å². The number of ether oxygens (including phenoxy) is 1. The van der Waals surface area contributed by atoms with E-state index in [1.165, 1.54) is 18.5 Å². The van der Waals surface area contributed by atoms with Crippen molar-refractivity contribution < 1.29 is 14.6 Å². The molecule has 0 aliphatic carbocycles. The van der Waals surface area contributed by atoms with Crippen LogP contribution in [0.15, 0.2) is 24.5 Å². The first-order valence-corrected chi connectivity index (χ1v) is 5.16. The van der Waals surface area contributed by atoms with E-state index in [1.807, 2.05) is 0 Å². The molecule has 0 atom stereocenters. The number of nitrogens with zero attached hydrogens (tertiary/aromatic N) is 3. The van der Waals surface area contributed by atoms with Crippen LogP contribution in [0.25, 0.3) is 0 Å². The molecule has 2 aromatic rings. The normalized spacial score (nSPS) is 10.3. The maximum atomic E-state index is 10.9. The number of aromatic nitrogens is 3. The molecule has 1 heterocycles. The van der Waals surface area contributed by atoms with Crippen LogP contribution in [0.3, 0.4) is 0 Å². The maximum Gasteiger partial charge on any atom is 0.337 e. The van der Waals surface area contributed by atoms with E-state index >= 15 is 0 Å². The van der Waals surface area contributed by atoms with Gasteiger partial charge in [0.1, 0.15) is 18.7 Å². The molecule has 0 aliphatic rings. The second-order valence-corrected chi connectivity index (χ2v) is 3.64. The quantitative estimate of drug-likeness (QED) is 0.771. The smallest absolute Gasteiger partial charge is 0.337 e. The Hall–Kier alpha value is -2.57. The number of carbonyl (C=O) groups is 1. The number of nitrogen functional groups attached to an aromatic ring is 1. The number of carboxylic acids is 1. The molecule has 1 aromatic heterocycles. The predicted molar refractivity (Wildman–Crippen MR) is 63.1 cm³/mol. The summed E-state index contributed by atoms with van der Waals surface area (Å²) < 4.78 is 7.01. The van der Waals surface area contributed by atoms with E-state index < -0.39 is 5.97 Å². The Bertz CT molecular complexity index is 579. The first kappa shape index (κ1) is 11.9. The van der Waals surface area contributed by atoms with Crippen molar-refractivity contribution in [1.29, 1.82) is 0 Å². The van der Waals surface area contributed by atoms with Crippen LogP contribution in [0.2, 0.25) is 0 Å². The number of aromatic carboxylic acids is 1. The third-order valence-electron chi connectivity index (χ3n) is 2.43. The molecular weight excluding hydrogens is 236 g/mol. The summed E-state index contributed by atoms with van der Waals surface area (Å²) in [6.07, 6.45) is 1.42. The molecule has 0 aliphatic heterocycles. The van der Waals surface area contributed by atoms with Crippen LogP contribution in [-0.2, 0) is 13.7 Å². The highest BCUT2D eigenvalue weighted by molar-refractivity contribution is 5.94. The van der Waals surface area contributed by atoms with Crippen molar-refractivity contribution in [2.24, 2.45) is 7.05 Å². The standard InChI is InChI=1S/C11H12N4O3/c1-15-10(13-6-14-15)5-18-7-2-3-9(12)8(4-7)11(16)17/h2-4,6H,5,12H2,1H3,(H,16,17). The van der Waals surface area contributed by atoms with Crippen LogP contribution in [-0.4, -0.2) is 25.8 Å². The van der Waals surface area contributed by atoms with Crippen molar-refractivity contribution in [1.82, 2.24) is 14.8 Å². The van der Waals surface area contributed by atoms with Crippen LogP contribution in [0, 0.1) is 0 Å². The molecule has 0 fully saturated rings. The molecule has 0 unspecified atom stereocenters. The van der Waals surface area contributed by atoms with Crippen molar-refractivity contribution in [3.05, 3.63) is 35.9 Å². The lowest BCUT2D eigenvalue weighted by Gasteiger charge is -2.07. The molecule has 0 bridgehead atoms. The Kier molecular flexibility index (Phi) is 3.13. The van der Waals surface area contributed by atoms with Crippen LogP contribution in [0.5, 0.6) is 5.75 Å². The summed E-state index contributed by atoms with van der Waals surface area (Å²) in [6.45, 7) is 0.208. The predicted octanol–water partition coefficient (Wildman–Crippen LogP) is 0.675. The van der Waals surface area contributed by atoms with Crippen molar-refractivity contribution >= 4 is 11.7 Å². The lowest BCUT2D eigenvalue weighted by Crippen LogP contribution is -2.06. The number of hydrogen-bond donors (Lipinski definition) is 2. The van der Waals surface area contributed by atoms with Crippen molar-refractivity contribution in [3.63, 3.8) is 0 Å². The number of nitrogens with two attached hydrogens (primary N) is 1. The van der Waals surface area contributed by atoms with Gasteiger partial charge in [0.15, 0.2) is 5.82 Å². The summed E-state index contributed by atoms with van der Waals surface area (Å²) in [7, 11) is 1.75. The fraction of sp³-hybridized carbons (Fsp3) is 0.182. The molecule has 94 valence electrons. The van der Waals surface area contributed by atoms with Gasteiger partial charge in [-0.05, 0) is 18.2 Å². The summed E-state index contributed by atoms with van der Waals surface area (Å²) in [4.78, 5) is 14.9. The largest absolute Gasteiger partial charge is 0.486 e. The average molecular weight is 248 g/mol. The number of hydrogen-bond acceptors (Lipinski definition) is 5. The Morgan fingerprint density at radius 1 is 1.56 bits per heavy atom. The van der Waals surface area contributed by atoms with E-state index in [0.29, 0.717) is 11.6 Å². The number of rotatable bonds is 4. The van der Waals surface area contributed by atoms with E-state index in [2.05, 4.69) is 10.1 Å². The van der Waals surface area contributed by atoms with Gasteiger partial charge < -0.3 is 15.6 Å². The van der Waals surface area contributed by atoms with E-state index in [-0.39, 0.29) is 17.9 Å². The van der Waals surface area contributed by atoms with Gasteiger partial charge >= 0.3 is 5.97 Å². The van der Waals surface area contributed by atoms with Gasteiger partial charge in [-0.1, -0.05) is 0 Å². The van der Waals surface area contributed by atoms with Gasteiger partial charge in [-0.3, -0.25) is 4.68 Å². The first-order valence-electron chi connectivity index (χ1n) is 5.16. The third-order valence-corrected chi connectivity index (χ3v) is 2.43. The number of carboxylic acid groups (broad SMARTS) is 1. The van der Waals surface area contributed by atoms with E-state index in [1.54, 1.807) is 17.8 Å². The van der Waals surface area contributed by atoms with Gasteiger partial charge in [-0.15, -0.1) is 0 Å². The summed E-state index contributed by atoms with van der Waals surface area (Å²) in [5.41, 5.74) is 5.76. The minimum atomic E-state index is -1.09. The molecule has 7 nitrogen and oxygen atoms in total. The Morgan fingerprint density at radius 3 is 2.94 bits per heavy atom. The summed E-state index contributed by atoms with van der Waals surface area (Å²) in [5, 5.41) is 12.8. The third kappa shape index (κ3) is 2.40. The molecule has 0 spiro atoms. The SMILES string of the molecule is Cn1ncnc1COc1ccc(N)c(C(=O)O)c1. The zero-order valence-electron chi connectivity index (χ0n) is 9.70. The molecule has 18 heavy (non-hydrogen) atoms. The molecule has 0 saturated heterocycles. The summed E-state index contributed by atoms with van der Waals surface area (Å²) in [6, 6.07) is 4.49. The molecular formula is C11H12N4O3. The minimum absolute atomic E-state index is 0.0189. The summed E-state index contributed by atoms with van der Waals surface area (Å²) >= 11 is 0. The lowest BCUT2D eigenvalue weighted by atomic mass is 10.2. The number of aryl methyl sites for hydroxylation is 1. The van der Waals surface area contributed by atoms with Crippen LogP contribution in [0.4, 0.5) is 5.69 Å². The fourth-order valence-electron chi connectivity index (χ4n) is 1.41. The number of benzene rings is 1. The highest BCUT2D eigenvalue weighted by Crippen LogP contribution is 2.20. The molecule has 0 saturated carbocycles. The monoisotopic (exact) mass is 248 g/mol. The molecule has 0 radical (unpaired) electrons. The van der Waals surface area contributed by atoms with Crippen LogP contribution in [0.1, 0.15) is 16.2 Å². The van der Waals surface area contributed by atoms with Crippen molar-refractivity contribution in [2.45, 2.75) is 6.61 Å². The Morgan fingerprint density at radius 2 is 2.33 bits per heavy atom. The van der Waals surface area contributed by atoms with E-state index in [0.717, 1.165) is 0 Å². The van der Waals surface area contributed by atoms with Gasteiger partial charge in [0, 0.05) is 12.7 Å². The Labute approximate surface area is 103 Å². The van der Waals surface area contributed by atoms with E-state index in [4.69, 9.17) is 15.6 Å². The lowest BCUT2D eigenvalue weighted by molar-refractivity contribution is 0.0697. The maximum absolute atomic E-state index is 10.9. The Balaban J connectivity index is 2.13. The number of anilines is 1. The average Bonchev–Trinajstić information content (AvgIpc) is 2.73. The highest BCUT2D eigenvalue weighted by Gasteiger charge is 2.10. The molecule has 0 amide bonds. The van der Waals surface area contributed by atoms with Crippen LogP contribution < -0.4 is 10.5 Å². The minimum Gasteiger partial charge on any atom is -0.486 e. The zero-order chi connectivity index (χ0) is 13.1. The van der Waals surface area contributed by atoms with Gasteiger partial charge in [0.2, 0.25) is 0 Å². The van der Waals surface area contributed by atoms with E-state index in [9.17, 15) is 4.79 Å². The second kappa shape index (κ2) is 4.74. The first-order chi connectivity index (χ1) is 8.58. The highest BCUT2D eigenvalue weighted by atomic mass is 16.5. The molecule has 1 aromatic carbocycles. The van der Waals surface area contributed by atoms with Gasteiger partial charge in [-0.25, -0.2) is 9.78 Å². The van der Waals surface area contributed by atoms with Crippen molar-refractivity contribution in [2.75, 3.05) is 5.73 Å². The van der Waals surface area contributed by atoms with Gasteiger partial charge in [0.05, 0.1) is 5.56 Å². The van der Waals surface area contributed by atoms with Gasteiger partial charge in [0.25, 0.3) is 0 Å². The zero-order valence-corrected chi connectivity index (χ0v) is 9.70.